The van der Waals surface area contributed by atoms with E-state index in [0.717, 1.165) is 6.61 Å². The Morgan fingerprint density at radius 3 is 1.62 bits per heavy atom. The van der Waals surface area contributed by atoms with E-state index in [9.17, 15) is 0 Å². The molecule has 0 aromatic heterocycles. The van der Waals surface area contributed by atoms with Crippen LogP contribution in [0.15, 0.2) is 72.8 Å². The van der Waals surface area contributed by atoms with E-state index in [1.165, 1.54) is 11.1 Å². The van der Waals surface area contributed by atoms with Gasteiger partial charge in [-0.15, -0.1) is 0 Å². The van der Waals surface area contributed by atoms with Gasteiger partial charge in [-0.3, -0.25) is 0 Å². The molecular formula is C19H22OSi. The Bertz CT molecular complexity index is 556. The molecule has 2 heteroatoms. The predicted molar refractivity (Wildman–Crippen MR) is 90.8 cm³/mol. The van der Waals surface area contributed by atoms with Crippen molar-refractivity contribution in [1.82, 2.24) is 0 Å². The van der Waals surface area contributed by atoms with E-state index in [1.807, 2.05) is 0 Å². The van der Waals surface area contributed by atoms with Crippen LogP contribution in [-0.4, -0.2) is 14.9 Å². The average Bonchev–Trinajstić information content (AvgIpc) is 2.86. The summed E-state index contributed by atoms with van der Waals surface area (Å²) in [7, 11) is -1.94. The lowest BCUT2D eigenvalue weighted by Crippen LogP contribution is -2.44. The van der Waals surface area contributed by atoms with Gasteiger partial charge in [-0.25, -0.2) is 0 Å². The first kappa shape index (κ1) is 14.3. The summed E-state index contributed by atoms with van der Waals surface area (Å²) in [5.41, 5.74) is 3.64. The maximum absolute atomic E-state index is 6.40. The monoisotopic (exact) mass is 294 g/mol. The zero-order valence-corrected chi connectivity index (χ0v) is 13.7. The Morgan fingerprint density at radius 1 is 0.810 bits per heavy atom. The second-order valence-corrected chi connectivity index (χ2v) is 9.68. The molecule has 2 aromatic carbocycles. The topological polar surface area (TPSA) is 9.23 Å². The molecular weight excluding hydrogens is 272 g/mol. The summed E-state index contributed by atoms with van der Waals surface area (Å²) in [5.74, 6) is 0. The molecule has 21 heavy (non-hydrogen) atoms. The Labute approximate surface area is 128 Å². The zero-order chi connectivity index (χ0) is 14.7. The molecule has 1 aliphatic rings. The van der Waals surface area contributed by atoms with Crippen LogP contribution in [0.1, 0.15) is 29.1 Å². The highest BCUT2D eigenvalue weighted by atomic mass is 28.4. The highest BCUT2D eigenvalue weighted by molar-refractivity contribution is 6.77. The minimum absolute atomic E-state index is 0.434. The summed E-state index contributed by atoms with van der Waals surface area (Å²) >= 11 is 0. The van der Waals surface area contributed by atoms with Gasteiger partial charge in [-0.1, -0.05) is 72.8 Å². The summed E-state index contributed by atoms with van der Waals surface area (Å²) in [6, 6.07) is 21.6. The van der Waals surface area contributed by atoms with E-state index >= 15 is 0 Å². The summed E-state index contributed by atoms with van der Waals surface area (Å²) in [4.78, 5) is 0. The van der Waals surface area contributed by atoms with Crippen LogP contribution in [-0.2, 0) is 4.43 Å². The first-order valence-corrected chi connectivity index (χ1v) is 10.2. The number of rotatable bonds is 4. The summed E-state index contributed by atoms with van der Waals surface area (Å²) in [5, 5.41) is 0. The molecule has 0 fully saturated rings. The Balaban J connectivity index is 1.99. The van der Waals surface area contributed by atoms with E-state index in [0.29, 0.717) is 11.1 Å². The molecule has 1 unspecified atom stereocenters. The van der Waals surface area contributed by atoms with E-state index in [4.69, 9.17) is 4.43 Å². The number of benzene rings is 2. The van der Waals surface area contributed by atoms with E-state index in [2.05, 4.69) is 86.3 Å². The van der Waals surface area contributed by atoms with E-state index in [1.54, 1.807) is 0 Å². The van der Waals surface area contributed by atoms with Crippen LogP contribution >= 0.6 is 0 Å². The second-order valence-electron chi connectivity index (χ2n) is 5.78. The van der Waals surface area contributed by atoms with Gasteiger partial charge in [-0.2, -0.15) is 0 Å². The highest BCUT2D eigenvalue weighted by Gasteiger charge is 2.48. The molecule has 0 radical (unpaired) electrons. The van der Waals surface area contributed by atoms with Gasteiger partial charge >= 0.3 is 0 Å². The third-order valence-electron chi connectivity index (χ3n) is 4.50. The molecule has 1 heterocycles. The van der Waals surface area contributed by atoms with E-state index in [-0.39, 0.29) is 0 Å². The molecule has 0 amide bonds. The first-order valence-electron chi connectivity index (χ1n) is 7.68. The molecule has 0 spiro atoms. The van der Waals surface area contributed by atoms with Crippen LogP contribution in [0.5, 0.6) is 0 Å². The van der Waals surface area contributed by atoms with Gasteiger partial charge in [0.2, 0.25) is 8.32 Å². The van der Waals surface area contributed by atoms with Crippen LogP contribution in [0.4, 0.5) is 0 Å². The lowest BCUT2D eigenvalue weighted by Gasteiger charge is -2.35. The van der Waals surface area contributed by atoms with Gasteiger partial charge < -0.3 is 4.43 Å². The molecule has 0 N–H and O–H groups in total. The lowest BCUT2D eigenvalue weighted by atomic mass is 10.1. The lowest BCUT2D eigenvalue weighted by molar-refractivity contribution is 0.317. The zero-order valence-electron chi connectivity index (χ0n) is 12.7. The predicted octanol–water partition coefficient (Wildman–Crippen LogP) is 4.81. The van der Waals surface area contributed by atoms with Crippen molar-refractivity contribution < 1.29 is 4.43 Å². The van der Waals surface area contributed by atoms with Gasteiger partial charge in [0.15, 0.2) is 0 Å². The number of hydrogen-bond donors (Lipinski definition) is 0. The quantitative estimate of drug-likeness (QED) is 0.580. The SMILES string of the molecule is CCO[Si]1(C)[C@@H](c2ccccc2)C=C[C@H]1c1ccccc1. The molecule has 1 aliphatic heterocycles. The fraction of sp³-hybridized carbons (Fsp3) is 0.263. The highest BCUT2D eigenvalue weighted by Crippen LogP contribution is 2.45. The Hall–Kier alpha value is -1.64. The van der Waals surface area contributed by atoms with Gasteiger partial charge in [0.1, 0.15) is 0 Å². The average molecular weight is 294 g/mol. The fourth-order valence-corrected chi connectivity index (χ4v) is 7.56. The molecule has 2 aromatic rings. The molecule has 1 nitrogen and oxygen atoms in total. The number of hydrogen-bond acceptors (Lipinski definition) is 1. The van der Waals surface area contributed by atoms with Gasteiger partial charge in [0.25, 0.3) is 0 Å². The smallest absolute Gasteiger partial charge is 0.211 e. The molecule has 0 saturated carbocycles. The van der Waals surface area contributed by atoms with Gasteiger partial charge in [0.05, 0.1) is 0 Å². The van der Waals surface area contributed by atoms with Crippen molar-refractivity contribution in [2.24, 2.45) is 0 Å². The van der Waals surface area contributed by atoms with Crippen LogP contribution in [0.25, 0.3) is 0 Å². The minimum atomic E-state index is -1.94. The van der Waals surface area contributed by atoms with Crippen LogP contribution in [0, 0.1) is 0 Å². The number of allylic oxidation sites excluding steroid dienone is 2. The van der Waals surface area contributed by atoms with Crippen molar-refractivity contribution in [3.05, 3.63) is 83.9 Å². The van der Waals surface area contributed by atoms with Crippen molar-refractivity contribution in [3.63, 3.8) is 0 Å². The largest absolute Gasteiger partial charge is 0.416 e. The van der Waals surface area contributed by atoms with Gasteiger partial charge in [-0.05, 0) is 24.6 Å². The van der Waals surface area contributed by atoms with Crippen molar-refractivity contribution in [3.8, 4) is 0 Å². The van der Waals surface area contributed by atoms with Crippen molar-refractivity contribution in [2.75, 3.05) is 6.61 Å². The molecule has 0 saturated heterocycles. The third-order valence-corrected chi connectivity index (χ3v) is 8.94. The molecule has 0 bridgehead atoms. The molecule has 3 atom stereocenters. The van der Waals surface area contributed by atoms with Crippen molar-refractivity contribution in [1.29, 1.82) is 0 Å². The van der Waals surface area contributed by atoms with Crippen molar-refractivity contribution >= 4 is 8.32 Å². The van der Waals surface area contributed by atoms with Crippen LogP contribution in [0.3, 0.4) is 0 Å². The third kappa shape index (κ3) is 2.61. The summed E-state index contributed by atoms with van der Waals surface area (Å²) in [6.45, 7) is 5.28. The van der Waals surface area contributed by atoms with Crippen molar-refractivity contribution in [2.45, 2.75) is 24.6 Å². The molecule has 3 rings (SSSR count). The molecule has 108 valence electrons. The second kappa shape index (κ2) is 6.00. The first-order chi connectivity index (χ1) is 10.3. The Kier molecular flexibility index (Phi) is 4.09. The Morgan fingerprint density at radius 2 is 1.24 bits per heavy atom. The maximum Gasteiger partial charge on any atom is 0.211 e. The normalized spacial score (nSPS) is 27.9. The molecule has 0 aliphatic carbocycles. The van der Waals surface area contributed by atoms with E-state index < -0.39 is 8.32 Å². The maximum atomic E-state index is 6.40. The van der Waals surface area contributed by atoms with Crippen LogP contribution in [0.2, 0.25) is 6.55 Å². The summed E-state index contributed by atoms with van der Waals surface area (Å²) in [6.07, 6.45) is 4.74. The minimum Gasteiger partial charge on any atom is -0.416 e. The summed E-state index contributed by atoms with van der Waals surface area (Å²) < 4.78 is 6.40. The van der Waals surface area contributed by atoms with Gasteiger partial charge in [0, 0.05) is 17.7 Å². The standard InChI is InChI=1S/C19H22OSi/c1-3-20-21(2)18(16-10-6-4-7-11-16)14-15-19(21)17-12-8-5-9-13-17/h4-15,18-19H,3H2,1-2H3/t18-,19+,21?. The fourth-order valence-electron chi connectivity index (χ4n) is 3.49. The van der Waals surface area contributed by atoms with Crippen LogP contribution < -0.4 is 0 Å².